The van der Waals surface area contributed by atoms with E-state index in [0.29, 0.717) is 27.9 Å². The third-order valence-corrected chi connectivity index (χ3v) is 6.21. The van der Waals surface area contributed by atoms with Crippen LogP contribution in [0.1, 0.15) is 35.1 Å². The van der Waals surface area contributed by atoms with Gasteiger partial charge in [-0.25, -0.2) is 8.42 Å². The maximum Gasteiger partial charge on any atom is 0.261 e. The molecule has 2 aromatic carbocycles. The standard InChI is InChI=1S/C19H19N5O3S2/c25-18(20-12-17-21-22-19(28)24(17)15-9-10-15)13-5-4-6-14(11-13)23-29(26,27)16-7-2-1-3-8-16/h1-8,11,15,23H,9-10,12H2,(H,20,25)(H,22,28). The summed E-state index contributed by atoms with van der Waals surface area (Å²) in [5, 5.41) is 9.75. The van der Waals surface area contributed by atoms with E-state index in [0.717, 1.165) is 12.8 Å². The van der Waals surface area contributed by atoms with Crippen molar-refractivity contribution in [3.05, 3.63) is 70.8 Å². The van der Waals surface area contributed by atoms with Crippen molar-refractivity contribution in [2.45, 2.75) is 30.3 Å². The van der Waals surface area contributed by atoms with E-state index in [9.17, 15) is 13.2 Å². The monoisotopic (exact) mass is 429 g/mol. The fourth-order valence-corrected chi connectivity index (χ4v) is 4.34. The first kappa shape index (κ1) is 19.3. The van der Waals surface area contributed by atoms with Crippen LogP contribution in [-0.2, 0) is 16.6 Å². The zero-order valence-corrected chi connectivity index (χ0v) is 17.0. The highest BCUT2D eigenvalue weighted by atomic mass is 32.2. The number of aromatic nitrogens is 3. The Balaban J connectivity index is 1.46. The Morgan fingerprint density at radius 1 is 1.17 bits per heavy atom. The number of anilines is 1. The molecule has 4 rings (SSSR count). The molecule has 0 radical (unpaired) electrons. The van der Waals surface area contributed by atoms with E-state index in [2.05, 4.69) is 20.2 Å². The van der Waals surface area contributed by atoms with Gasteiger partial charge in [-0.2, -0.15) is 5.10 Å². The van der Waals surface area contributed by atoms with E-state index < -0.39 is 10.0 Å². The second-order valence-corrected chi connectivity index (χ2v) is 8.80. The van der Waals surface area contributed by atoms with Gasteiger partial charge in [0.05, 0.1) is 11.4 Å². The van der Waals surface area contributed by atoms with Gasteiger partial charge in [-0.1, -0.05) is 24.3 Å². The summed E-state index contributed by atoms with van der Waals surface area (Å²) in [5.74, 6) is 0.341. The Morgan fingerprint density at radius 3 is 2.66 bits per heavy atom. The first-order valence-electron chi connectivity index (χ1n) is 9.06. The third kappa shape index (κ3) is 4.38. The van der Waals surface area contributed by atoms with Crippen molar-refractivity contribution in [1.82, 2.24) is 20.1 Å². The molecule has 0 saturated heterocycles. The van der Waals surface area contributed by atoms with Crippen LogP contribution in [0.4, 0.5) is 5.69 Å². The van der Waals surface area contributed by atoms with E-state index >= 15 is 0 Å². The first-order valence-corrected chi connectivity index (χ1v) is 10.9. The molecule has 0 unspecified atom stereocenters. The summed E-state index contributed by atoms with van der Waals surface area (Å²) in [7, 11) is -3.73. The highest BCUT2D eigenvalue weighted by molar-refractivity contribution is 7.92. The van der Waals surface area contributed by atoms with Gasteiger partial charge in [0.15, 0.2) is 10.6 Å². The number of aromatic amines is 1. The molecule has 0 atom stereocenters. The molecule has 0 aliphatic heterocycles. The lowest BCUT2D eigenvalue weighted by molar-refractivity contribution is 0.0949. The number of amides is 1. The number of rotatable bonds is 7. The number of hydrogen-bond donors (Lipinski definition) is 3. The number of nitrogens with one attached hydrogen (secondary N) is 3. The quantitative estimate of drug-likeness (QED) is 0.500. The topological polar surface area (TPSA) is 109 Å². The molecule has 3 N–H and O–H groups in total. The predicted molar refractivity (Wildman–Crippen MR) is 111 cm³/mol. The molecule has 0 spiro atoms. The average Bonchev–Trinajstić information content (AvgIpc) is 3.49. The van der Waals surface area contributed by atoms with Crippen LogP contribution < -0.4 is 10.0 Å². The van der Waals surface area contributed by atoms with Crippen molar-refractivity contribution in [3.63, 3.8) is 0 Å². The van der Waals surface area contributed by atoms with Crippen LogP contribution in [0.15, 0.2) is 59.5 Å². The Hall–Kier alpha value is -2.98. The molecule has 1 aliphatic rings. The Bertz CT molecular complexity index is 1200. The number of H-pyrrole nitrogens is 1. The Morgan fingerprint density at radius 2 is 1.93 bits per heavy atom. The predicted octanol–water partition coefficient (Wildman–Crippen LogP) is 3.01. The lowest BCUT2D eigenvalue weighted by Crippen LogP contribution is -2.25. The van der Waals surface area contributed by atoms with Gasteiger partial charge < -0.3 is 5.32 Å². The summed E-state index contributed by atoms with van der Waals surface area (Å²) in [5.41, 5.74) is 0.646. The normalized spacial score (nSPS) is 13.8. The summed E-state index contributed by atoms with van der Waals surface area (Å²) in [4.78, 5) is 12.7. The van der Waals surface area contributed by atoms with Crippen molar-refractivity contribution in [2.24, 2.45) is 0 Å². The lowest BCUT2D eigenvalue weighted by Gasteiger charge is -2.10. The van der Waals surface area contributed by atoms with Gasteiger partial charge in [0.25, 0.3) is 15.9 Å². The van der Waals surface area contributed by atoms with Gasteiger partial charge in [0.2, 0.25) is 0 Å². The Labute approximate surface area is 173 Å². The van der Waals surface area contributed by atoms with Crippen LogP contribution in [0, 0.1) is 4.77 Å². The highest BCUT2D eigenvalue weighted by Crippen LogP contribution is 2.35. The maximum atomic E-state index is 12.5. The molecule has 29 heavy (non-hydrogen) atoms. The maximum absolute atomic E-state index is 12.5. The summed E-state index contributed by atoms with van der Waals surface area (Å²) in [6.45, 7) is 0.225. The molecule has 1 saturated carbocycles. The number of carbonyl (C=O) groups excluding carboxylic acids is 1. The summed E-state index contributed by atoms with van der Waals surface area (Å²) >= 11 is 5.24. The number of benzene rings is 2. The number of sulfonamides is 1. The second kappa shape index (κ2) is 7.80. The summed E-state index contributed by atoms with van der Waals surface area (Å²) in [6, 6.07) is 14.7. The third-order valence-electron chi connectivity index (χ3n) is 4.53. The number of hydrogen-bond acceptors (Lipinski definition) is 5. The number of carbonyl (C=O) groups is 1. The molecule has 3 aromatic rings. The molecule has 1 aromatic heterocycles. The SMILES string of the molecule is O=C(NCc1n[nH]c(=S)n1C1CC1)c1cccc(NS(=O)(=O)c2ccccc2)c1. The average molecular weight is 430 g/mol. The van der Waals surface area contributed by atoms with Crippen LogP contribution in [0.3, 0.4) is 0 Å². The van der Waals surface area contributed by atoms with Crippen LogP contribution in [-0.4, -0.2) is 29.1 Å². The van der Waals surface area contributed by atoms with Crippen molar-refractivity contribution in [1.29, 1.82) is 0 Å². The fraction of sp³-hybridized carbons (Fsp3) is 0.211. The highest BCUT2D eigenvalue weighted by Gasteiger charge is 2.27. The molecule has 1 aliphatic carbocycles. The largest absolute Gasteiger partial charge is 0.345 e. The van der Waals surface area contributed by atoms with Crippen molar-refractivity contribution < 1.29 is 13.2 Å². The van der Waals surface area contributed by atoms with Gasteiger partial charge in [-0.3, -0.25) is 19.2 Å². The zero-order valence-electron chi connectivity index (χ0n) is 15.3. The molecule has 1 fully saturated rings. The molecule has 150 valence electrons. The van der Waals surface area contributed by atoms with Gasteiger partial charge in [0, 0.05) is 17.3 Å². The van der Waals surface area contributed by atoms with Crippen molar-refractivity contribution >= 4 is 33.8 Å². The molecule has 0 bridgehead atoms. The minimum atomic E-state index is -3.73. The second-order valence-electron chi connectivity index (χ2n) is 6.73. The van der Waals surface area contributed by atoms with Crippen LogP contribution >= 0.6 is 12.2 Å². The van der Waals surface area contributed by atoms with Gasteiger partial charge >= 0.3 is 0 Å². The zero-order chi connectivity index (χ0) is 20.4. The van der Waals surface area contributed by atoms with Crippen LogP contribution in [0.25, 0.3) is 0 Å². The fourth-order valence-electron chi connectivity index (χ4n) is 2.97. The van der Waals surface area contributed by atoms with E-state index in [4.69, 9.17) is 12.2 Å². The minimum absolute atomic E-state index is 0.151. The smallest absolute Gasteiger partial charge is 0.261 e. The van der Waals surface area contributed by atoms with Gasteiger partial charge in [-0.15, -0.1) is 0 Å². The molecule has 8 nitrogen and oxygen atoms in total. The van der Waals surface area contributed by atoms with Crippen molar-refractivity contribution in [3.8, 4) is 0 Å². The molecule has 1 amide bonds. The van der Waals surface area contributed by atoms with E-state index in [1.165, 1.54) is 18.2 Å². The molecular formula is C19H19N5O3S2. The molecular weight excluding hydrogens is 410 g/mol. The van der Waals surface area contributed by atoms with E-state index in [1.54, 1.807) is 36.4 Å². The first-order chi connectivity index (χ1) is 13.9. The van der Waals surface area contributed by atoms with Crippen LogP contribution in [0.2, 0.25) is 0 Å². The van der Waals surface area contributed by atoms with Crippen LogP contribution in [0.5, 0.6) is 0 Å². The summed E-state index contributed by atoms with van der Waals surface area (Å²) < 4.78 is 29.9. The van der Waals surface area contributed by atoms with E-state index in [1.807, 2.05) is 4.57 Å². The Kier molecular flexibility index (Phi) is 5.20. The number of nitrogens with zero attached hydrogens (tertiary/aromatic N) is 2. The minimum Gasteiger partial charge on any atom is -0.345 e. The van der Waals surface area contributed by atoms with E-state index in [-0.39, 0.29) is 17.3 Å². The van der Waals surface area contributed by atoms with Gasteiger partial charge in [-0.05, 0) is 55.4 Å². The lowest BCUT2D eigenvalue weighted by atomic mass is 10.2. The van der Waals surface area contributed by atoms with Gasteiger partial charge in [0.1, 0.15) is 0 Å². The summed E-state index contributed by atoms with van der Waals surface area (Å²) in [6.07, 6.45) is 2.11. The van der Waals surface area contributed by atoms with Crippen molar-refractivity contribution in [2.75, 3.05) is 4.72 Å². The molecule has 1 heterocycles. The molecule has 10 heteroatoms.